The van der Waals surface area contributed by atoms with E-state index in [4.69, 9.17) is 0 Å². The molecular formula is C26H30N4O4S. The number of sulfonamides is 1. The number of carbonyl (C=O) groups excluding carboxylic acids is 1. The summed E-state index contributed by atoms with van der Waals surface area (Å²) < 4.78 is 29.2. The van der Waals surface area contributed by atoms with E-state index < -0.39 is 15.6 Å². The molecule has 1 aliphatic heterocycles. The first-order chi connectivity index (χ1) is 16.8. The SMILES string of the molecule is CCc1ccc(NC(=O)Cn2nc(-c3ccc(C)c(S(=O)(=O)N4CCCCC4)c3)ccc2=O)cc1. The molecule has 0 unspecified atom stereocenters. The molecule has 2 aromatic carbocycles. The lowest BCUT2D eigenvalue weighted by Crippen LogP contribution is -2.36. The average molecular weight is 495 g/mol. The van der Waals surface area contributed by atoms with Crippen LogP contribution in [0.4, 0.5) is 5.69 Å². The molecule has 0 spiro atoms. The molecule has 3 aromatic rings. The minimum Gasteiger partial charge on any atom is -0.324 e. The first-order valence-corrected chi connectivity index (χ1v) is 13.3. The Morgan fingerprint density at radius 3 is 2.40 bits per heavy atom. The molecule has 0 atom stereocenters. The largest absolute Gasteiger partial charge is 0.324 e. The Hall–Kier alpha value is -3.30. The van der Waals surface area contributed by atoms with Crippen molar-refractivity contribution in [3.63, 3.8) is 0 Å². The van der Waals surface area contributed by atoms with E-state index in [9.17, 15) is 18.0 Å². The standard InChI is InChI=1S/C26H30N4O4S/c1-3-20-8-11-22(12-9-20)27-25(31)18-30-26(32)14-13-23(28-30)21-10-7-19(2)24(17-21)35(33,34)29-15-5-4-6-16-29/h7-14,17H,3-6,15-16,18H2,1-2H3,(H,27,31). The normalized spacial score (nSPS) is 14.6. The van der Waals surface area contributed by atoms with Gasteiger partial charge in [0.05, 0.1) is 10.6 Å². The number of hydrogen-bond donors (Lipinski definition) is 1. The van der Waals surface area contributed by atoms with E-state index in [0.717, 1.165) is 35.9 Å². The van der Waals surface area contributed by atoms with Gasteiger partial charge in [-0.3, -0.25) is 9.59 Å². The van der Waals surface area contributed by atoms with E-state index in [2.05, 4.69) is 17.3 Å². The number of rotatable bonds is 7. The maximum atomic E-state index is 13.3. The summed E-state index contributed by atoms with van der Waals surface area (Å²) >= 11 is 0. The van der Waals surface area contributed by atoms with Crippen molar-refractivity contribution in [1.29, 1.82) is 0 Å². The molecule has 0 radical (unpaired) electrons. The Balaban J connectivity index is 1.57. The van der Waals surface area contributed by atoms with Crippen LogP contribution >= 0.6 is 0 Å². The van der Waals surface area contributed by atoms with Crippen molar-refractivity contribution < 1.29 is 13.2 Å². The van der Waals surface area contributed by atoms with Gasteiger partial charge in [0.25, 0.3) is 5.56 Å². The fourth-order valence-corrected chi connectivity index (χ4v) is 5.93. The number of aromatic nitrogens is 2. The summed E-state index contributed by atoms with van der Waals surface area (Å²) in [6, 6.07) is 15.5. The Morgan fingerprint density at radius 1 is 1.00 bits per heavy atom. The molecule has 1 saturated heterocycles. The van der Waals surface area contributed by atoms with E-state index in [1.165, 1.54) is 10.4 Å². The highest BCUT2D eigenvalue weighted by Gasteiger charge is 2.27. The van der Waals surface area contributed by atoms with Gasteiger partial charge in [0, 0.05) is 30.4 Å². The van der Waals surface area contributed by atoms with E-state index in [0.29, 0.717) is 35.6 Å². The molecule has 1 N–H and O–H groups in total. The Kier molecular flexibility index (Phi) is 7.47. The van der Waals surface area contributed by atoms with Crippen molar-refractivity contribution in [2.24, 2.45) is 0 Å². The quantitative estimate of drug-likeness (QED) is 0.541. The summed E-state index contributed by atoms with van der Waals surface area (Å²) in [5.74, 6) is -0.377. The molecular weight excluding hydrogens is 464 g/mol. The van der Waals surface area contributed by atoms with Crippen LogP contribution in [0.5, 0.6) is 0 Å². The van der Waals surface area contributed by atoms with Crippen LogP contribution in [-0.2, 0) is 27.8 Å². The van der Waals surface area contributed by atoms with Gasteiger partial charge in [0.1, 0.15) is 6.54 Å². The maximum absolute atomic E-state index is 13.3. The van der Waals surface area contributed by atoms with Crippen LogP contribution in [0, 0.1) is 6.92 Å². The second kappa shape index (κ2) is 10.5. The van der Waals surface area contributed by atoms with Gasteiger partial charge in [-0.2, -0.15) is 9.40 Å². The number of aryl methyl sites for hydroxylation is 2. The molecule has 9 heteroatoms. The van der Waals surface area contributed by atoms with Crippen LogP contribution in [-0.4, -0.2) is 41.5 Å². The minimum absolute atomic E-state index is 0.240. The van der Waals surface area contributed by atoms with Crippen molar-refractivity contribution in [2.75, 3.05) is 18.4 Å². The number of nitrogens with zero attached hydrogens (tertiary/aromatic N) is 3. The molecule has 1 aromatic heterocycles. The number of anilines is 1. The van der Waals surface area contributed by atoms with Crippen molar-refractivity contribution in [3.8, 4) is 11.3 Å². The molecule has 2 heterocycles. The highest BCUT2D eigenvalue weighted by Crippen LogP contribution is 2.27. The van der Waals surface area contributed by atoms with Crippen LogP contribution in [0.15, 0.2) is 64.3 Å². The average Bonchev–Trinajstić information content (AvgIpc) is 2.86. The van der Waals surface area contributed by atoms with Gasteiger partial charge >= 0.3 is 0 Å². The zero-order valence-corrected chi connectivity index (χ0v) is 20.8. The molecule has 184 valence electrons. The summed E-state index contributed by atoms with van der Waals surface area (Å²) in [7, 11) is -3.63. The predicted octanol–water partition coefficient (Wildman–Crippen LogP) is 3.59. The molecule has 0 bridgehead atoms. The number of nitrogens with one attached hydrogen (secondary N) is 1. The summed E-state index contributed by atoms with van der Waals surface area (Å²) in [6.45, 7) is 4.61. The second-order valence-corrected chi connectivity index (χ2v) is 10.7. The predicted molar refractivity (Wildman–Crippen MR) is 136 cm³/mol. The van der Waals surface area contributed by atoms with Crippen LogP contribution < -0.4 is 10.9 Å². The number of piperidine rings is 1. The third-order valence-corrected chi connectivity index (χ3v) is 8.26. The van der Waals surface area contributed by atoms with Gasteiger partial charge in [0.2, 0.25) is 15.9 Å². The van der Waals surface area contributed by atoms with E-state index >= 15 is 0 Å². The Bertz CT molecular complexity index is 1380. The first-order valence-electron chi connectivity index (χ1n) is 11.9. The zero-order chi connectivity index (χ0) is 25.0. The van der Waals surface area contributed by atoms with Gasteiger partial charge in [-0.1, -0.05) is 37.6 Å². The maximum Gasteiger partial charge on any atom is 0.267 e. The summed E-state index contributed by atoms with van der Waals surface area (Å²) in [5.41, 5.74) is 3.02. The Labute approximate surface area is 205 Å². The topological polar surface area (TPSA) is 101 Å². The lowest BCUT2D eigenvalue weighted by molar-refractivity contribution is -0.117. The molecule has 1 aliphatic rings. The van der Waals surface area contributed by atoms with Crippen LogP contribution in [0.1, 0.15) is 37.3 Å². The number of carbonyl (C=O) groups is 1. The fraction of sp³-hybridized carbons (Fsp3) is 0.346. The van der Waals surface area contributed by atoms with Gasteiger partial charge in [-0.25, -0.2) is 13.1 Å². The monoisotopic (exact) mass is 494 g/mol. The van der Waals surface area contributed by atoms with Gasteiger partial charge in [0.15, 0.2) is 0 Å². The van der Waals surface area contributed by atoms with E-state index in [1.807, 2.05) is 24.3 Å². The Morgan fingerprint density at radius 2 is 1.71 bits per heavy atom. The van der Waals surface area contributed by atoms with E-state index in [1.54, 1.807) is 31.2 Å². The molecule has 0 saturated carbocycles. The number of hydrogen-bond acceptors (Lipinski definition) is 5. The highest BCUT2D eigenvalue weighted by atomic mass is 32.2. The van der Waals surface area contributed by atoms with Gasteiger partial charge < -0.3 is 5.32 Å². The van der Waals surface area contributed by atoms with Crippen LogP contribution in [0.3, 0.4) is 0 Å². The fourth-order valence-electron chi connectivity index (χ4n) is 4.16. The lowest BCUT2D eigenvalue weighted by atomic mass is 10.1. The smallest absolute Gasteiger partial charge is 0.267 e. The van der Waals surface area contributed by atoms with Crippen LogP contribution in [0.25, 0.3) is 11.3 Å². The molecule has 4 rings (SSSR count). The molecule has 35 heavy (non-hydrogen) atoms. The second-order valence-electron chi connectivity index (χ2n) is 8.76. The van der Waals surface area contributed by atoms with Crippen molar-refractivity contribution in [1.82, 2.24) is 14.1 Å². The van der Waals surface area contributed by atoms with Crippen molar-refractivity contribution in [3.05, 3.63) is 76.1 Å². The first kappa shape index (κ1) is 24.8. The van der Waals surface area contributed by atoms with E-state index in [-0.39, 0.29) is 17.3 Å². The highest BCUT2D eigenvalue weighted by molar-refractivity contribution is 7.89. The molecule has 8 nitrogen and oxygen atoms in total. The lowest BCUT2D eigenvalue weighted by Gasteiger charge is -2.26. The van der Waals surface area contributed by atoms with Gasteiger partial charge in [-0.05, 0) is 61.6 Å². The molecule has 1 amide bonds. The van der Waals surface area contributed by atoms with Gasteiger partial charge in [-0.15, -0.1) is 0 Å². The number of benzene rings is 2. The van der Waals surface area contributed by atoms with Crippen molar-refractivity contribution >= 4 is 21.6 Å². The summed E-state index contributed by atoms with van der Waals surface area (Å²) in [5, 5.41) is 7.13. The number of amides is 1. The van der Waals surface area contributed by atoms with Crippen LogP contribution in [0.2, 0.25) is 0 Å². The third-order valence-electron chi connectivity index (χ3n) is 6.22. The molecule has 0 aliphatic carbocycles. The van der Waals surface area contributed by atoms with Crippen molar-refractivity contribution in [2.45, 2.75) is 51.0 Å². The summed E-state index contributed by atoms with van der Waals surface area (Å²) in [4.78, 5) is 25.2. The third kappa shape index (κ3) is 5.68. The zero-order valence-electron chi connectivity index (χ0n) is 20.0. The minimum atomic E-state index is -3.63. The summed E-state index contributed by atoms with van der Waals surface area (Å²) in [6.07, 6.45) is 3.65. The molecule has 1 fully saturated rings.